The molecule has 0 bridgehead atoms. The highest BCUT2D eigenvalue weighted by molar-refractivity contribution is 8.00. The summed E-state index contributed by atoms with van der Waals surface area (Å²) in [7, 11) is 0. The van der Waals surface area contributed by atoms with Crippen molar-refractivity contribution in [2.45, 2.75) is 10.4 Å². The second kappa shape index (κ2) is 4.96. The fourth-order valence-corrected chi connectivity index (χ4v) is 1.96. The lowest BCUT2D eigenvalue weighted by Gasteiger charge is -2.05. The van der Waals surface area contributed by atoms with Gasteiger partial charge in [0.25, 0.3) is 0 Å². The van der Waals surface area contributed by atoms with Gasteiger partial charge in [0.15, 0.2) is 11.5 Å². The fourth-order valence-electron chi connectivity index (χ4n) is 1.36. The van der Waals surface area contributed by atoms with E-state index < -0.39 is 11.5 Å². The number of alkyl halides is 3. The Morgan fingerprint density at radius 1 is 1.32 bits per heavy atom. The van der Waals surface area contributed by atoms with Gasteiger partial charge >= 0.3 is 11.5 Å². The molecule has 2 rings (SSSR count). The first-order chi connectivity index (χ1) is 8.85. The molecule has 0 radical (unpaired) electrons. The summed E-state index contributed by atoms with van der Waals surface area (Å²) >= 11 is -0.256. The Morgan fingerprint density at radius 3 is 2.63 bits per heavy atom. The van der Waals surface area contributed by atoms with Crippen LogP contribution in [-0.2, 0) is 0 Å². The van der Waals surface area contributed by atoms with Gasteiger partial charge in [0.05, 0.1) is 0 Å². The van der Waals surface area contributed by atoms with E-state index in [4.69, 9.17) is 9.63 Å². The first-order valence-corrected chi connectivity index (χ1v) is 5.73. The van der Waals surface area contributed by atoms with Crippen molar-refractivity contribution in [3.8, 4) is 11.3 Å². The van der Waals surface area contributed by atoms with E-state index in [1.807, 2.05) is 0 Å². The largest absolute Gasteiger partial charge is 0.476 e. The number of aromatic nitrogens is 1. The number of rotatable bonds is 3. The van der Waals surface area contributed by atoms with E-state index >= 15 is 0 Å². The van der Waals surface area contributed by atoms with Crippen LogP contribution in [0.25, 0.3) is 11.3 Å². The number of thioether (sulfide) groups is 1. The van der Waals surface area contributed by atoms with Crippen LogP contribution in [0.4, 0.5) is 13.2 Å². The third kappa shape index (κ3) is 3.50. The molecule has 0 aliphatic carbocycles. The zero-order valence-corrected chi connectivity index (χ0v) is 9.96. The average Bonchev–Trinajstić information content (AvgIpc) is 2.76. The molecule has 4 nitrogen and oxygen atoms in total. The van der Waals surface area contributed by atoms with Gasteiger partial charge in [-0.3, -0.25) is 0 Å². The molecule has 1 heterocycles. The lowest BCUT2D eigenvalue weighted by molar-refractivity contribution is -0.0328. The van der Waals surface area contributed by atoms with Crippen molar-refractivity contribution in [1.82, 2.24) is 5.16 Å². The molecule has 0 spiro atoms. The summed E-state index contributed by atoms with van der Waals surface area (Å²) in [6.07, 6.45) is 0. The molecule has 0 aliphatic heterocycles. The number of carboxylic acid groups (broad SMARTS) is 1. The SMILES string of the molecule is O=C(O)c1cc(-c2cccc(SC(F)(F)F)c2)on1. The highest BCUT2D eigenvalue weighted by Crippen LogP contribution is 2.38. The maximum atomic E-state index is 12.2. The standard InChI is InChI=1S/C11H6F3NO3S/c12-11(13,14)19-7-3-1-2-6(4-7)9-5-8(10(16)17)15-18-9/h1-5H,(H,16,17). The maximum absolute atomic E-state index is 12.2. The number of nitrogens with zero attached hydrogens (tertiary/aromatic N) is 1. The van der Waals surface area contributed by atoms with Gasteiger partial charge in [0.1, 0.15) is 0 Å². The second-order valence-electron chi connectivity index (χ2n) is 3.46. The van der Waals surface area contributed by atoms with Crippen LogP contribution in [-0.4, -0.2) is 21.7 Å². The zero-order valence-electron chi connectivity index (χ0n) is 9.14. The summed E-state index contributed by atoms with van der Waals surface area (Å²) in [6, 6.07) is 6.64. The number of carbonyl (C=O) groups is 1. The molecule has 0 atom stereocenters. The molecule has 1 aromatic heterocycles. The molecule has 0 unspecified atom stereocenters. The van der Waals surface area contributed by atoms with Gasteiger partial charge in [-0.2, -0.15) is 13.2 Å². The highest BCUT2D eigenvalue weighted by atomic mass is 32.2. The van der Waals surface area contributed by atoms with E-state index in [2.05, 4.69) is 5.16 Å². The molecule has 19 heavy (non-hydrogen) atoms. The molecule has 0 amide bonds. The summed E-state index contributed by atoms with van der Waals surface area (Å²) in [5, 5.41) is 12.0. The van der Waals surface area contributed by atoms with Crippen molar-refractivity contribution in [3.05, 3.63) is 36.0 Å². The molecule has 1 aromatic carbocycles. The number of hydrogen-bond donors (Lipinski definition) is 1. The molecular formula is C11H6F3NO3S. The lowest BCUT2D eigenvalue weighted by atomic mass is 10.1. The van der Waals surface area contributed by atoms with Gasteiger partial charge in [-0.25, -0.2) is 4.79 Å². The lowest BCUT2D eigenvalue weighted by Crippen LogP contribution is -1.98. The summed E-state index contributed by atoms with van der Waals surface area (Å²) in [5.74, 6) is -1.17. The highest BCUT2D eigenvalue weighted by Gasteiger charge is 2.29. The van der Waals surface area contributed by atoms with Crippen LogP contribution >= 0.6 is 11.8 Å². The van der Waals surface area contributed by atoms with E-state index in [0.29, 0.717) is 5.56 Å². The van der Waals surface area contributed by atoms with Gasteiger partial charge < -0.3 is 9.63 Å². The Bertz CT molecular complexity index is 609. The Kier molecular flexibility index (Phi) is 3.52. The molecule has 1 N–H and O–H groups in total. The zero-order chi connectivity index (χ0) is 14.0. The minimum Gasteiger partial charge on any atom is -0.476 e. The van der Waals surface area contributed by atoms with Crippen molar-refractivity contribution >= 4 is 17.7 Å². The minimum atomic E-state index is -4.38. The summed E-state index contributed by atoms with van der Waals surface area (Å²) in [6.45, 7) is 0. The van der Waals surface area contributed by atoms with Gasteiger partial charge in [-0.05, 0) is 23.9 Å². The first-order valence-electron chi connectivity index (χ1n) is 4.91. The Hall–Kier alpha value is -1.96. The monoisotopic (exact) mass is 289 g/mol. The maximum Gasteiger partial charge on any atom is 0.446 e. The van der Waals surface area contributed by atoms with E-state index in [-0.39, 0.29) is 28.1 Å². The van der Waals surface area contributed by atoms with Crippen molar-refractivity contribution in [2.75, 3.05) is 0 Å². The van der Waals surface area contributed by atoms with Crippen LogP contribution in [0.2, 0.25) is 0 Å². The van der Waals surface area contributed by atoms with E-state index in [9.17, 15) is 18.0 Å². The molecule has 0 saturated heterocycles. The van der Waals surface area contributed by atoms with Gasteiger partial charge in [-0.15, -0.1) is 0 Å². The van der Waals surface area contributed by atoms with Crippen molar-refractivity contribution in [2.24, 2.45) is 0 Å². The number of benzene rings is 1. The van der Waals surface area contributed by atoms with Crippen LogP contribution in [0.15, 0.2) is 39.8 Å². The van der Waals surface area contributed by atoms with E-state index in [1.165, 1.54) is 24.3 Å². The molecular weight excluding hydrogens is 283 g/mol. The van der Waals surface area contributed by atoms with Crippen LogP contribution in [0.1, 0.15) is 10.5 Å². The predicted molar refractivity (Wildman–Crippen MR) is 60.8 cm³/mol. The van der Waals surface area contributed by atoms with Crippen molar-refractivity contribution in [3.63, 3.8) is 0 Å². The summed E-state index contributed by atoms with van der Waals surface area (Å²) in [4.78, 5) is 10.6. The Labute approximate surface area is 109 Å². The van der Waals surface area contributed by atoms with E-state index in [0.717, 1.165) is 6.07 Å². The van der Waals surface area contributed by atoms with Crippen LogP contribution in [0.5, 0.6) is 0 Å². The van der Waals surface area contributed by atoms with Gasteiger partial charge in [0.2, 0.25) is 0 Å². The van der Waals surface area contributed by atoms with Crippen molar-refractivity contribution in [1.29, 1.82) is 0 Å². The first kappa shape index (κ1) is 13.5. The third-order valence-corrected chi connectivity index (χ3v) is 2.80. The van der Waals surface area contributed by atoms with Crippen LogP contribution in [0.3, 0.4) is 0 Å². The number of halogens is 3. The second-order valence-corrected chi connectivity index (χ2v) is 4.60. The molecule has 2 aromatic rings. The smallest absolute Gasteiger partial charge is 0.446 e. The molecule has 8 heteroatoms. The molecule has 100 valence electrons. The predicted octanol–water partition coefficient (Wildman–Crippen LogP) is 3.65. The number of carboxylic acids is 1. The number of hydrogen-bond acceptors (Lipinski definition) is 4. The van der Waals surface area contributed by atoms with Gasteiger partial charge in [0, 0.05) is 16.5 Å². The summed E-state index contributed by atoms with van der Waals surface area (Å²) in [5.41, 5.74) is -4.36. The topological polar surface area (TPSA) is 63.3 Å². The van der Waals surface area contributed by atoms with E-state index in [1.54, 1.807) is 0 Å². The minimum absolute atomic E-state index is 0.0155. The quantitative estimate of drug-likeness (QED) is 0.874. The Balaban J connectivity index is 2.29. The third-order valence-electron chi connectivity index (χ3n) is 2.08. The molecule has 0 saturated carbocycles. The van der Waals surface area contributed by atoms with Gasteiger partial charge in [-0.1, -0.05) is 17.3 Å². The van der Waals surface area contributed by atoms with Crippen molar-refractivity contribution < 1.29 is 27.6 Å². The number of aromatic carboxylic acids is 1. The average molecular weight is 289 g/mol. The molecule has 0 aliphatic rings. The fraction of sp³-hybridized carbons (Fsp3) is 0.0909. The van der Waals surface area contributed by atoms with Crippen LogP contribution < -0.4 is 0 Å². The van der Waals surface area contributed by atoms with Crippen LogP contribution in [0, 0.1) is 0 Å². The molecule has 0 fully saturated rings. The Morgan fingerprint density at radius 2 is 2.05 bits per heavy atom. The normalized spacial score (nSPS) is 11.5. The summed E-state index contributed by atoms with van der Waals surface area (Å²) < 4.78 is 41.5.